The number of carbonyl (C=O) groups is 2. The van der Waals surface area contributed by atoms with Crippen molar-refractivity contribution in [1.82, 2.24) is 15.5 Å². The Kier molecular flexibility index (Phi) is 8.74. The van der Waals surface area contributed by atoms with Crippen LogP contribution >= 0.6 is 12.4 Å². The van der Waals surface area contributed by atoms with E-state index in [-0.39, 0.29) is 30.5 Å². The number of Topliss-reactive ketones (excluding diaryl/α,β-unsaturated/α-hetero) is 1. The Morgan fingerprint density at radius 2 is 2.00 bits per heavy atom. The zero-order chi connectivity index (χ0) is 16.7. The zero-order valence-electron chi connectivity index (χ0n) is 14.3. The van der Waals surface area contributed by atoms with Gasteiger partial charge in [-0.2, -0.15) is 0 Å². The molecule has 1 fully saturated rings. The van der Waals surface area contributed by atoms with Crippen LogP contribution in [0, 0.1) is 0 Å². The van der Waals surface area contributed by atoms with E-state index < -0.39 is 0 Å². The summed E-state index contributed by atoms with van der Waals surface area (Å²) in [4.78, 5) is 25.9. The molecule has 0 radical (unpaired) electrons. The van der Waals surface area contributed by atoms with E-state index in [0.29, 0.717) is 17.9 Å². The number of benzene rings is 1. The van der Waals surface area contributed by atoms with Crippen LogP contribution in [-0.2, 0) is 11.2 Å². The molecular weight excluding hydrogens is 330 g/mol. The summed E-state index contributed by atoms with van der Waals surface area (Å²) in [6, 6.07) is 5.18. The van der Waals surface area contributed by atoms with Crippen LogP contribution in [0.15, 0.2) is 18.2 Å². The number of methoxy groups -OCH3 is 1. The topological polar surface area (TPSA) is 70.7 Å². The van der Waals surface area contributed by atoms with Crippen LogP contribution in [0.5, 0.6) is 5.75 Å². The van der Waals surface area contributed by atoms with Gasteiger partial charge in [0.05, 0.1) is 13.5 Å². The molecule has 0 bridgehead atoms. The molecule has 1 aliphatic rings. The van der Waals surface area contributed by atoms with Crippen LogP contribution in [0.3, 0.4) is 0 Å². The number of ketones is 1. The van der Waals surface area contributed by atoms with Crippen molar-refractivity contribution in [2.45, 2.75) is 13.3 Å². The number of hydrogen-bond acceptors (Lipinski definition) is 5. The molecule has 1 heterocycles. The lowest BCUT2D eigenvalue weighted by Gasteiger charge is -2.27. The van der Waals surface area contributed by atoms with Crippen molar-refractivity contribution in [3.63, 3.8) is 0 Å². The molecular formula is C17H26ClN3O3. The minimum Gasteiger partial charge on any atom is -0.496 e. The Balaban J connectivity index is 0.00000288. The van der Waals surface area contributed by atoms with E-state index in [4.69, 9.17) is 4.74 Å². The summed E-state index contributed by atoms with van der Waals surface area (Å²) >= 11 is 0. The molecule has 0 aromatic heterocycles. The monoisotopic (exact) mass is 355 g/mol. The molecule has 1 amide bonds. The predicted molar refractivity (Wildman–Crippen MR) is 96.3 cm³/mol. The second kappa shape index (κ2) is 10.3. The van der Waals surface area contributed by atoms with E-state index in [9.17, 15) is 9.59 Å². The summed E-state index contributed by atoms with van der Waals surface area (Å²) in [5.41, 5.74) is 1.33. The normalized spacial score (nSPS) is 14.6. The van der Waals surface area contributed by atoms with Gasteiger partial charge in [0.1, 0.15) is 5.75 Å². The molecule has 2 rings (SSSR count). The van der Waals surface area contributed by atoms with Gasteiger partial charge in [0.2, 0.25) is 5.91 Å². The summed E-state index contributed by atoms with van der Waals surface area (Å²) in [6.07, 6.45) is 0.214. The standard InChI is InChI=1S/C17H25N3O3.ClH/c1-13(21)14-3-4-16(23-2)15(11-14)12-17(22)19-7-10-20-8-5-18-6-9-20;/h3-4,11,18H,5-10,12H2,1-2H3,(H,19,22);1H. The summed E-state index contributed by atoms with van der Waals surface area (Å²) in [7, 11) is 1.56. The predicted octanol–water partition coefficient (Wildman–Crippen LogP) is 0.883. The second-order valence-electron chi connectivity index (χ2n) is 5.70. The molecule has 1 aromatic carbocycles. The number of piperazine rings is 1. The van der Waals surface area contributed by atoms with Gasteiger partial charge in [-0.15, -0.1) is 12.4 Å². The third kappa shape index (κ3) is 6.11. The average Bonchev–Trinajstić information content (AvgIpc) is 2.55. The number of amides is 1. The fourth-order valence-electron chi connectivity index (χ4n) is 2.66. The Morgan fingerprint density at radius 1 is 1.29 bits per heavy atom. The zero-order valence-corrected chi connectivity index (χ0v) is 15.1. The third-order valence-electron chi connectivity index (χ3n) is 4.00. The van der Waals surface area contributed by atoms with Crippen LogP contribution in [0.1, 0.15) is 22.8 Å². The van der Waals surface area contributed by atoms with Gasteiger partial charge in [-0.3, -0.25) is 14.5 Å². The highest BCUT2D eigenvalue weighted by atomic mass is 35.5. The van der Waals surface area contributed by atoms with Gasteiger partial charge < -0.3 is 15.4 Å². The molecule has 0 saturated carbocycles. The van der Waals surface area contributed by atoms with Crippen LogP contribution in [-0.4, -0.2) is 63.0 Å². The summed E-state index contributed by atoms with van der Waals surface area (Å²) < 4.78 is 5.27. The quantitative estimate of drug-likeness (QED) is 0.711. The Morgan fingerprint density at radius 3 is 2.62 bits per heavy atom. The first-order chi connectivity index (χ1) is 11.1. The van der Waals surface area contributed by atoms with E-state index in [1.807, 2.05) is 0 Å². The number of ether oxygens (including phenoxy) is 1. The van der Waals surface area contributed by atoms with Crippen LogP contribution in [0.2, 0.25) is 0 Å². The number of carbonyl (C=O) groups excluding carboxylic acids is 2. The molecule has 0 aliphatic carbocycles. The maximum absolute atomic E-state index is 12.1. The largest absolute Gasteiger partial charge is 0.496 e. The molecule has 1 aliphatic heterocycles. The van der Waals surface area contributed by atoms with Gasteiger partial charge in [-0.25, -0.2) is 0 Å². The molecule has 134 valence electrons. The van der Waals surface area contributed by atoms with E-state index >= 15 is 0 Å². The Hall–Kier alpha value is -1.63. The molecule has 0 unspecified atom stereocenters. The molecule has 0 spiro atoms. The van der Waals surface area contributed by atoms with Gasteiger partial charge in [0, 0.05) is 50.4 Å². The highest BCUT2D eigenvalue weighted by molar-refractivity contribution is 5.94. The first kappa shape index (κ1) is 20.4. The average molecular weight is 356 g/mol. The van der Waals surface area contributed by atoms with Crippen molar-refractivity contribution in [1.29, 1.82) is 0 Å². The highest BCUT2D eigenvalue weighted by Crippen LogP contribution is 2.20. The van der Waals surface area contributed by atoms with E-state index in [1.165, 1.54) is 6.92 Å². The van der Waals surface area contributed by atoms with E-state index in [1.54, 1.807) is 25.3 Å². The van der Waals surface area contributed by atoms with Crippen molar-refractivity contribution in [2.24, 2.45) is 0 Å². The number of halogens is 1. The van der Waals surface area contributed by atoms with Crippen molar-refractivity contribution in [2.75, 3.05) is 46.4 Å². The van der Waals surface area contributed by atoms with Crippen molar-refractivity contribution in [3.05, 3.63) is 29.3 Å². The van der Waals surface area contributed by atoms with E-state index in [0.717, 1.165) is 38.3 Å². The Bertz CT molecular complexity index is 560. The van der Waals surface area contributed by atoms with Gasteiger partial charge in [-0.1, -0.05) is 0 Å². The minimum atomic E-state index is -0.0564. The summed E-state index contributed by atoms with van der Waals surface area (Å²) in [5.74, 6) is 0.555. The number of nitrogens with zero attached hydrogens (tertiary/aromatic N) is 1. The number of hydrogen-bond donors (Lipinski definition) is 2. The SMILES string of the molecule is COc1ccc(C(C)=O)cc1CC(=O)NCCN1CCNCC1.Cl. The first-order valence-corrected chi connectivity index (χ1v) is 7.98. The molecule has 6 nitrogen and oxygen atoms in total. The Labute approximate surface area is 149 Å². The molecule has 0 atom stereocenters. The fraction of sp³-hybridized carbons (Fsp3) is 0.529. The third-order valence-corrected chi connectivity index (χ3v) is 4.00. The number of nitrogens with one attached hydrogen (secondary N) is 2. The fourth-order valence-corrected chi connectivity index (χ4v) is 2.66. The smallest absolute Gasteiger partial charge is 0.224 e. The van der Waals surface area contributed by atoms with Gasteiger partial charge >= 0.3 is 0 Å². The van der Waals surface area contributed by atoms with Crippen LogP contribution in [0.25, 0.3) is 0 Å². The van der Waals surface area contributed by atoms with Crippen molar-refractivity contribution in [3.8, 4) is 5.75 Å². The molecule has 7 heteroatoms. The second-order valence-corrected chi connectivity index (χ2v) is 5.70. The minimum absolute atomic E-state index is 0. The molecule has 1 saturated heterocycles. The highest BCUT2D eigenvalue weighted by Gasteiger charge is 2.13. The van der Waals surface area contributed by atoms with Gasteiger partial charge in [0.15, 0.2) is 5.78 Å². The van der Waals surface area contributed by atoms with Crippen LogP contribution in [0.4, 0.5) is 0 Å². The molecule has 2 N–H and O–H groups in total. The lowest BCUT2D eigenvalue weighted by Crippen LogP contribution is -2.46. The maximum Gasteiger partial charge on any atom is 0.224 e. The molecule has 24 heavy (non-hydrogen) atoms. The summed E-state index contributed by atoms with van der Waals surface area (Å²) in [5, 5.41) is 6.24. The van der Waals surface area contributed by atoms with Gasteiger partial charge in [-0.05, 0) is 25.1 Å². The van der Waals surface area contributed by atoms with Gasteiger partial charge in [0.25, 0.3) is 0 Å². The van der Waals surface area contributed by atoms with Crippen molar-refractivity contribution >= 4 is 24.1 Å². The van der Waals surface area contributed by atoms with Crippen molar-refractivity contribution < 1.29 is 14.3 Å². The summed E-state index contributed by atoms with van der Waals surface area (Å²) in [6.45, 7) is 7.05. The number of rotatable bonds is 7. The van der Waals surface area contributed by atoms with E-state index in [2.05, 4.69) is 15.5 Å². The lowest BCUT2D eigenvalue weighted by atomic mass is 10.0. The lowest BCUT2D eigenvalue weighted by molar-refractivity contribution is -0.120. The molecule has 1 aromatic rings. The van der Waals surface area contributed by atoms with Crippen LogP contribution < -0.4 is 15.4 Å². The first-order valence-electron chi connectivity index (χ1n) is 7.98. The maximum atomic E-state index is 12.1.